The average Bonchev–Trinajstić information content (AvgIpc) is 3.33. The zero-order valence-corrected chi connectivity index (χ0v) is 19.6. The van der Waals surface area contributed by atoms with E-state index in [2.05, 4.69) is 26.8 Å². The summed E-state index contributed by atoms with van der Waals surface area (Å²) in [7, 11) is 1.81. The van der Waals surface area contributed by atoms with E-state index in [9.17, 15) is 9.59 Å². The molecule has 4 rings (SSSR count). The second-order valence-corrected chi connectivity index (χ2v) is 7.80. The third kappa shape index (κ3) is 8.42. The summed E-state index contributed by atoms with van der Waals surface area (Å²) in [6, 6.07) is 23.2. The van der Waals surface area contributed by atoms with Crippen molar-refractivity contribution in [2.24, 2.45) is 7.05 Å². The van der Waals surface area contributed by atoms with Gasteiger partial charge in [0.15, 0.2) is 0 Å². The Morgan fingerprint density at radius 3 is 2.34 bits per heavy atom. The van der Waals surface area contributed by atoms with Crippen molar-refractivity contribution in [1.29, 1.82) is 5.26 Å². The van der Waals surface area contributed by atoms with Crippen molar-refractivity contribution >= 4 is 11.6 Å². The van der Waals surface area contributed by atoms with Gasteiger partial charge < -0.3 is 15.6 Å². The van der Waals surface area contributed by atoms with Crippen molar-refractivity contribution in [2.45, 2.75) is 12.8 Å². The standard InChI is InChI=1S/C21H22N6O2.C6H6/c1-27-14-18(13-25-27)17-10-19(21(29)24-12-17)26-20(28)7-9-23-8-6-15-2-4-16(11-22)5-3-15;1-2-4-6-5-3-1/h2-5,10,12-14,23H,6-9H2,1H3,(H,24,29)(H,26,28);1-6H. The number of hydrogen-bond acceptors (Lipinski definition) is 5. The Balaban J connectivity index is 0.000000497. The third-order valence-corrected chi connectivity index (χ3v) is 5.08. The topological polar surface area (TPSA) is 116 Å². The first kappa shape index (κ1) is 25.1. The number of nitrogens with one attached hydrogen (secondary N) is 3. The normalized spacial score (nSPS) is 10.1. The molecule has 0 aliphatic rings. The van der Waals surface area contributed by atoms with Crippen LogP contribution in [0.25, 0.3) is 11.1 Å². The summed E-state index contributed by atoms with van der Waals surface area (Å²) in [6.07, 6.45) is 6.18. The molecule has 178 valence electrons. The van der Waals surface area contributed by atoms with E-state index >= 15 is 0 Å². The highest BCUT2D eigenvalue weighted by Gasteiger charge is 2.09. The van der Waals surface area contributed by atoms with Crippen LogP contribution < -0.4 is 16.2 Å². The highest BCUT2D eigenvalue weighted by Crippen LogP contribution is 2.18. The highest BCUT2D eigenvalue weighted by atomic mass is 16.2. The maximum Gasteiger partial charge on any atom is 0.271 e. The van der Waals surface area contributed by atoms with Gasteiger partial charge in [-0.15, -0.1) is 0 Å². The SMILES string of the molecule is Cn1cc(-c2c[nH]c(=O)c(NC(=O)CCNCCc3ccc(C#N)cc3)c2)cn1.c1ccccc1. The van der Waals surface area contributed by atoms with Gasteiger partial charge in [0.1, 0.15) is 5.69 Å². The summed E-state index contributed by atoms with van der Waals surface area (Å²) in [4.78, 5) is 26.8. The van der Waals surface area contributed by atoms with Gasteiger partial charge in [0.2, 0.25) is 5.91 Å². The number of nitrogens with zero attached hydrogens (tertiary/aromatic N) is 3. The lowest BCUT2D eigenvalue weighted by molar-refractivity contribution is -0.116. The van der Waals surface area contributed by atoms with Gasteiger partial charge in [-0.3, -0.25) is 14.3 Å². The van der Waals surface area contributed by atoms with Crippen LogP contribution in [0.1, 0.15) is 17.5 Å². The van der Waals surface area contributed by atoms with E-state index in [1.807, 2.05) is 61.8 Å². The molecule has 2 heterocycles. The Kier molecular flexibility index (Phi) is 9.54. The highest BCUT2D eigenvalue weighted by molar-refractivity contribution is 5.91. The molecule has 2 aromatic heterocycles. The number of benzene rings is 2. The molecular formula is C27H28N6O2. The molecule has 2 aromatic carbocycles. The minimum absolute atomic E-state index is 0.217. The van der Waals surface area contributed by atoms with E-state index in [0.717, 1.165) is 29.7 Å². The third-order valence-electron chi connectivity index (χ3n) is 5.08. The van der Waals surface area contributed by atoms with Crippen LogP contribution in [0, 0.1) is 11.3 Å². The van der Waals surface area contributed by atoms with Crippen LogP contribution in [-0.4, -0.2) is 33.8 Å². The molecule has 0 saturated heterocycles. The molecular weight excluding hydrogens is 440 g/mol. The van der Waals surface area contributed by atoms with Crippen molar-refractivity contribution in [3.63, 3.8) is 0 Å². The molecule has 0 atom stereocenters. The first-order chi connectivity index (χ1) is 17.0. The maximum absolute atomic E-state index is 12.2. The molecule has 1 amide bonds. The molecule has 0 saturated carbocycles. The first-order valence-electron chi connectivity index (χ1n) is 11.3. The van der Waals surface area contributed by atoms with Crippen LogP contribution in [0.3, 0.4) is 0 Å². The summed E-state index contributed by atoms with van der Waals surface area (Å²) < 4.78 is 1.67. The molecule has 35 heavy (non-hydrogen) atoms. The molecule has 3 N–H and O–H groups in total. The number of amides is 1. The minimum atomic E-state index is -0.347. The van der Waals surface area contributed by atoms with Gasteiger partial charge in [0.25, 0.3) is 5.56 Å². The lowest BCUT2D eigenvalue weighted by Crippen LogP contribution is -2.25. The summed E-state index contributed by atoms with van der Waals surface area (Å²) in [5, 5.41) is 18.8. The Morgan fingerprint density at radius 1 is 1.06 bits per heavy atom. The summed E-state index contributed by atoms with van der Waals surface area (Å²) in [6.45, 7) is 1.22. The quantitative estimate of drug-likeness (QED) is 0.342. The molecule has 0 fully saturated rings. The number of aromatic nitrogens is 3. The molecule has 0 radical (unpaired) electrons. The molecule has 0 aliphatic carbocycles. The van der Waals surface area contributed by atoms with Crippen LogP contribution in [-0.2, 0) is 18.3 Å². The summed E-state index contributed by atoms with van der Waals surface area (Å²) in [5.74, 6) is -0.232. The van der Waals surface area contributed by atoms with Crippen LogP contribution in [0.15, 0.2) is 90.1 Å². The van der Waals surface area contributed by atoms with Gasteiger partial charge in [0, 0.05) is 43.5 Å². The molecule has 0 aliphatic heterocycles. The molecule has 4 aromatic rings. The van der Waals surface area contributed by atoms with Crippen LogP contribution in [0.2, 0.25) is 0 Å². The van der Waals surface area contributed by atoms with E-state index in [-0.39, 0.29) is 23.6 Å². The van der Waals surface area contributed by atoms with E-state index in [1.165, 1.54) is 0 Å². The van der Waals surface area contributed by atoms with E-state index in [1.54, 1.807) is 35.3 Å². The first-order valence-corrected chi connectivity index (χ1v) is 11.3. The largest absolute Gasteiger partial charge is 0.327 e. The molecule has 0 unspecified atom stereocenters. The van der Waals surface area contributed by atoms with Gasteiger partial charge in [-0.05, 0) is 36.7 Å². The number of anilines is 1. The predicted molar refractivity (Wildman–Crippen MR) is 137 cm³/mol. The fraction of sp³-hybridized carbons (Fsp3) is 0.185. The predicted octanol–water partition coefficient (Wildman–Crippen LogP) is 3.49. The lowest BCUT2D eigenvalue weighted by Gasteiger charge is -2.07. The Hall–Kier alpha value is -4.48. The fourth-order valence-corrected chi connectivity index (χ4v) is 3.22. The fourth-order valence-electron chi connectivity index (χ4n) is 3.22. The van der Waals surface area contributed by atoms with Gasteiger partial charge in [0.05, 0.1) is 17.8 Å². The Bertz CT molecular complexity index is 1280. The smallest absolute Gasteiger partial charge is 0.271 e. The van der Waals surface area contributed by atoms with Crippen LogP contribution in [0.5, 0.6) is 0 Å². The van der Waals surface area contributed by atoms with E-state index in [4.69, 9.17) is 5.26 Å². The summed E-state index contributed by atoms with van der Waals surface area (Å²) >= 11 is 0. The number of carbonyl (C=O) groups excluding carboxylic acids is 1. The van der Waals surface area contributed by atoms with Crippen molar-refractivity contribution in [1.82, 2.24) is 20.1 Å². The van der Waals surface area contributed by atoms with Crippen LogP contribution >= 0.6 is 0 Å². The monoisotopic (exact) mass is 468 g/mol. The second-order valence-electron chi connectivity index (χ2n) is 7.80. The van der Waals surface area contributed by atoms with Gasteiger partial charge >= 0.3 is 0 Å². The van der Waals surface area contributed by atoms with Gasteiger partial charge in [-0.2, -0.15) is 10.4 Å². The average molecular weight is 469 g/mol. The number of aromatic amines is 1. The Labute approximate surface area is 204 Å². The number of carbonyl (C=O) groups is 1. The van der Waals surface area contributed by atoms with E-state index in [0.29, 0.717) is 12.1 Å². The zero-order valence-electron chi connectivity index (χ0n) is 19.6. The molecule has 8 heteroatoms. The maximum atomic E-state index is 12.2. The lowest BCUT2D eigenvalue weighted by atomic mass is 10.1. The zero-order chi connectivity index (χ0) is 24.9. The second kappa shape index (κ2) is 13.3. The Morgan fingerprint density at radius 2 is 1.74 bits per heavy atom. The number of H-pyrrole nitrogens is 1. The van der Waals surface area contributed by atoms with Gasteiger partial charge in [-0.1, -0.05) is 48.5 Å². The van der Waals surface area contributed by atoms with Crippen molar-refractivity contribution in [3.05, 3.63) is 107 Å². The van der Waals surface area contributed by atoms with Crippen molar-refractivity contribution in [3.8, 4) is 17.2 Å². The van der Waals surface area contributed by atoms with Crippen molar-refractivity contribution < 1.29 is 4.79 Å². The number of aryl methyl sites for hydroxylation is 1. The van der Waals surface area contributed by atoms with Crippen LogP contribution in [0.4, 0.5) is 5.69 Å². The minimum Gasteiger partial charge on any atom is -0.327 e. The molecule has 0 bridgehead atoms. The number of rotatable bonds is 8. The number of hydrogen-bond donors (Lipinski definition) is 3. The van der Waals surface area contributed by atoms with E-state index < -0.39 is 0 Å². The molecule has 0 spiro atoms. The number of pyridine rings is 1. The number of nitriles is 1. The van der Waals surface area contributed by atoms with Gasteiger partial charge in [-0.25, -0.2) is 0 Å². The van der Waals surface area contributed by atoms with Crippen molar-refractivity contribution in [2.75, 3.05) is 18.4 Å². The molecule has 8 nitrogen and oxygen atoms in total. The summed E-state index contributed by atoms with van der Waals surface area (Å²) in [5.41, 5.74) is 3.26.